The lowest BCUT2D eigenvalue weighted by atomic mass is 10.2. The smallest absolute Gasteiger partial charge is 0.143 e. The fourth-order valence-electron chi connectivity index (χ4n) is 1.59. The van der Waals surface area contributed by atoms with Gasteiger partial charge in [-0.15, -0.1) is 0 Å². The molecule has 17 heavy (non-hydrogen) atoms. The van der Waals surface area contributed by atoms with Gasteiger partial charge in [0.2, 0.25) is 0 Å². The maximum Gasteiger partial charge on any atom is 0.143 e. The van der Waals surface area contributed by atoms with Crippen molar-refractivity contribution < 1.29 is 4.39 Å². The zero-order valence-electron chi connectivity index (χ0n) is 8.72. The average Bonchev–Trinajstić information content (AvgIpc) is 2.75. The number of thiazole rings is 1. The molecule has 0 aliphatic rings. The van der Waals surface area contributed by atoms with Crippen molar-refractivity contribution in [1.29, 1.82) is 0 Å². The zero-order chi connectivity index (χ0) is 11.8. The molecule has 0 radical (unpaired) electrons. The minimum absolute atomic E-state index is 0.321. The van der Waals surface area contributed by atoms with Crippen LogP contribution in [0.25, 0.3) is 20.9 Å². The SMILES string of the molecule is Nc1ccc(F)c(-c2nc3cccnc3s2)c1. The van der Waals surface area contributed by atoms with Gasteiger partial charge < -0.3 is 5.73 Å². The molecule has 2 heterocycles. The summed E-state index contributed by atoms with van der Waals surface area (Å²) in [6.45, 7) is 0. The summed E-state index contributed by atoms with van der Waals surface area (Å²) in [4.78, 5) is 9.32. The van der Waals surface area contributed by atoms with E-state index in [1.54, 1.807) is 12.3 Å². The summed E-state index contributed by atoms with van der Waals surface area (Å²) in [5.41, 5.74) is 7.37. The third-order valence-electron chi connectivity index (χ3n) is 2.39. The highest BCUT2D eigenvalue weighted by atomic mass is 32.1. The summed E-state index contributed by atoms with van der Waals surface area (Å²) in [5, 5.41) is 0.600. The van der Waals surface area contributed by atoms with Crippen LogP contribution in [-0.2, 0) is 0 Å². The number of pyridine rings is 1. The summed E-state index contributed by atoms with van der Waals surface area (Å²) >= 11 is 1.36. The molecule has 0 bridgehead atoms. The van der Waals surface area contributed by atoms with Crippen molar-refractivity contribution in [2.24, 2.45) is 0 Å². The number of nitrogens with zero attached hydrogens (tertiary/aromatic N) is 2. The Labute approximate surface area is 101 Å². The van der Waals surface area contributed by atoms with E-state index in [0.717, 1.165) is 10.3 Å². The van der Waals surface area contributed by atoms with Gasteiger partial charge in [-0.25, -0.2) is 14.4 Å². The van der Waals surface area contributed by atoms with Gasteiger partial charge in [0.25, 0.3) is 0 Å². The number of aromatic nitrogens is 2. The molecule has 0 aliphatic carbocycles. The molecule has 0 saturated heterocycles. The van der Waals surface area contributed by atoms with E-state index in [9.17, 15) is 4.39 Å². The van der Waals surface area contributed by atoms with Gasteiger partial charge in [-0.1, -0.05) is 11.3 Å². The molecule has 0 atom stereocenters. The number of anilines is 1. The van der Waals surface area contributed by atoms with Gasteiger partial charge in [-0.2, -0.15) is 0 Å². The summed E-state index contributed by atoms with van der Waals surface area (Å²) < 4.78 is 13.7. The first-order chi connectivity index (χ1) is 8.24. The quantitative estimate of drug-likeness (QED) is 0.670. The van der Waals surface area contributed by atoms with E-state index in [2.05, 4.69) is 9.97 Å². The molecule has 1 aromatic carbocycles. The Kier molecular flexibility index (Phi) is 2.26. The molecular formula is C12H8FN3S. The molecule has 5 heteroatoms. The molecule has 0 aliphatic heterocycles. The first-order valence-electron chi connectivity index (χ1n) is 5.01. The van der Waals surface area contributed by atoms with Crippen molar-refractivity contribution in [1.82, 2.24) is 9.97 Å². The molecule has 2 aromatic heterocycles. The van der Waals surface area contributed by atoms with Crippen LogP contribution in [0.5, 0.6) is 0 Å². The van der Waals surface area contributed by atoms with Crippen molar-refractivity contribution in [2.75, 3.05) is 5.73 Å². The molecular weight excluding hydrogens is 237 g/mol. The predicted molar refractivity (Wildman–Crippen MR) is 67.2 cm³/mol. The van der Waals surface area contributed by atoms with Crippen molar-refractivity contribution in [2.45, 2.75) is 0 Å². The van der Waals surface area contributed by atoms with E-state index in [1.807, 2.05) is 12.1 Å². The molecule has 0 spiro atoms. The maximum atomic E-state index is 13.7. The lowest BCUT2D eigenvalue weighted by molar-refractivity contribution is 0.631. The number of halogens is 1. The monoisotopic (exact) mass is 245 g/mol. The number of fused-ring (bicyclic) bond motifs is 1. The van der Waals surface area contributed by atoms with E-state index >= 15 is 0 Å². The van der Waals surface area contributed by atoms with Crippen molar-refractivity contribution in [3.05, 3.63) is 42.3 Å². The van der Waals surface area contributed by atoms with Crippen LogP contribution in [0.1, 0.15) is 0 Å². The number of hydrogen-bond acceptors (Lipinski definition) is 4. The van der Waals surface area contributed by atoms with Crippen molar-refractivity contribution in [3.8, 4) is 10.6 Å². The summed E-state index contributed by atoms with van der Waals surface area (Å²) in [6.07, 6.45) is 1.69. The third-order valence-corrected chi connectivity index (χ3v) is 3.40. The van der Waals surface area contributed by atoms with Crippen LogP contribution in [-0.4, -0.2) is 9.97 Å². The second-order valence-electron chi connectivity index (χ2n) is 3.59. The molecule has 3 nitrogen and oxygen atoms in total. The van der Waals surface area contributed by atoms with Gasteiger partial charge in [0.1, 0.15) is 21.2 Å². The molecule has 3 aromatic rings. The molecule has 84 valence electrons. The van der Waals surface area contributed by atoms with Gasteiger partial charge in [0.05, 0.1) is 0 Å². The highest BCUT2D eigenvalue weighted by Crippen LogP contribution is 2.31. The molecule has 0 fully saturated rings. The van der Waals surface area contributed by atoms with Crippen LogP contribution < -0.4 is 5.73 Å². The van der Waals surface area contributed by atoms with Crippen LogP contribution >= 0.6 is 11.3 Å². The second-order valence-corrected chi connectivity index (χ2v) is 4.56. The average molecular weight is 245 g/mol. The van der Waals surface area contributed by atoms with Gasteiger partial charge in [0, 0.05) is 17.4 Å². The minimum Gasteiger partial charge on any atom is -0.399 e. The molecule has 0 amide bonds. The third kappa shape index (κ3) is 1.74. The number of nitrogen functional groups attached to an aromatic ring is 1. The first kappa shape index (κ1) is 10.2. The fourth-order valence-corrected chi connectivity index (χ4v) is 2.52. The lowest BCUT2D eigenvalue weighted by Crippen LogP contribution is -1.88. The Morgan fingerprint density at radius 3 is 2.94 bits per heavy atom. The molecule has 0 saturated carbocycles. The fraction of sp³-hybridized carbons (Fsp3) is 0. The van der Waals surface area contributed by atoms with Gasteiger partial charge in [-0.05, 0) is 30.3 Å². The van der Waals surface area contributed by atoms with Crippen LogP contribution in [0.2, 0.25) is 0 Å². The molecule has 3 rings (SSSR count). The van der Waals surface area contributed by atoms with E-state index in [4.69, 9.17) is 5.73 Å². The maximum absolute atomic E-state index is 13.7. The number of rotatable bonds is 1. The van der Waals surface area contributed by atoms with Crippen molar-refractivity contribution in [3.63, 3.8) is 0 Å². The first-order valence-corrected chi connectivity index (χ1v) is 5.82. The Morgan fingerprint density at radius 2 is 2.12 bits per heavy atom. The van der Waals surface area contributed by atoms with E-state index in [-0.39, 0.29) is 5.82 Å². The van der Waals surface area contributed by atoms with Gasteiger partial charge >= 0.3 is 0 Å². The Morgan fingerprint density at radius 1 is 1.24 bits per heavy atom. The number of benzene rings is 1. The normalized spacial score (nSPS) is 10.9. The minimum atomic E-state index is -0.321. The van der Waals surface area contributed by atoms with Crippen LogP contribution in [0.4, 0.5) is 10.1 Å². The standard InChI is InChI=1S/C12H8FN3S/c13-9-4-3-7(14)6-8(9)11-16-10-2-1-5-15-12(10)17-11/h1-6H,14H2. The topological polar surface area (TPSA) is 51.8 Å². The Hall–Kier alpha value is -2.01. The summed E-state index contributed by atoms with van der Waals surface area (Å²) in [5.74, 6) is -0.321. The van der Waals surface area contributed by atoms with Crippen LogP contribution in [0.3, 0.4) is 0 Å². The highest BCUT2D eigenvalue weighted by Gasteiger charge is 2.11. The lowest BCUT2D eigenvalue weighted by Gasteiger charge is -1.99. The number of nitrogens with two attached hydrogens (primary N) is 1. The van der Waals surface area contributed by atoms with Gasteiger partial charge in [-0.3, -0.25) is 0 Å². The number of hydrogen-bond donors (Lipinski definition) is 1. The van der Waals surface area contributed by atoms with Crippen LogP contribution in [0, 0.1) is 5.82 Å². The zero-order valence-corrected chi connectivity index (χ0v) is 9.54. The second kappa shape index (κ2) is 3.78. The van der Waals surface area contributed by atoms with Crippen LogP contribution in [0.15, 0.2) is 36.5 Å². The van der Waals surface area contributed by atoms with E-state index in [0.29, 0.717) is 16.3 Å². The summed E-state index contributed by atoms with van der Waals surface area (Å²) in [7, 11) is 0. The Balaban J connectivity index is 2.23. The predicted octanol–water partition coefficient (Wildman–Crippen LogP) is 3.08. The summed E-state index contributed by atoms with van der Waals surface area (Å²) in [6, 6.07) is 8.13. The molecule has 0 unspecified atom stereocenters. The van der Waals surface area contributed by atoms with Crippen molar-refractivity contribution >= 4 is 27.4 Å². The Bertz CT molecular complexity index is 660. The largest absolute Gasteiger partial charge is 0.399 e. The van der Waals surface area contributed by atoms with E-state index in [1.165, 1.54) is 23.5 Å². The molecule has 2 N–H and O–H groups in total. The van der Waals surface area contributed by atoms with E-state index < -0.39 is 0 Å². The highest BCUT2D eigenvalue weighted by molar-refractivity contribution is 7.21. The van der Waals surface area contributed by atoms with Gasteiger partial charge in [0.15, 0.2) is 0 Å².